The van der Waals surface area contributed by atoms with Crippen LogP contribution in [0, 0.1) is 5.41 Å². The van der Waals surface area contributed by atoms with Crippen molar-refractivity contribution in [1.29, 1.82) is 0 Å². The Morgan fingerprint density at radius 2 is 1.52 bits per heavy atom. The Kier molecular flexibility index (Phi) is 10.1. The van der Waals surface area contributed by atoms with Crippen molar-refractivity contribution in [2.24, 2.45) is 5.41 Å². The highest BCUT2D eigenvalue weighted by Crippen LogP contribution is 2.22. The van der Waals surface area contributed by atoms with Gasteiger partial charge in [0.2, 0.25) is 0 Å². The molecule has 1 unspecified atom stereocenters. The second-order valence-corrected chi connectivity index (χ2v) is 6.63. The first-order chi connectivity index (χ1) is 9.77. The van der Waals surface area contributed by atoms with Crippen molar-refractivity contribution in [2.45, 2.75) is 85.7 Å². The van der Waals surface area contributed by atoms with Gasteiger partial charge in [-0.2, -0.15) is 0 Å². The van der Waals surface area contributed by atoms with Gasteiger partial charge >= 0.3 is 11.9 Å². The van der Waals surface area contributed by atoms with Crippen LogP contribution in [0.4, 0.5) is 0 Å². The van der Waals surface area contributed by atoms with Crippen molar-refractivity contribution in [3.63, 3.8) is 0 Å². The van der Waals surface area contributed by atoms with E-state index in [2.05, 4.69) is 6.92 Å². The quantitative estimate of drug-likeness (QED) is 0.447. The number of rotatable bonds is 10. The van der Waals surface area contributed by atoms with Gasteiger partial charge in [0.1, 0.15) is 6.10 Å². The van der Waals surface area contributed by atoms with Crippen molar-refractivity contribution in [3.8, 4) is 0 Å². The van der Waals surface area contributed by atoms with E-state index in [1.165, 1.54) is 19.3 Å². The first-order valence-electron chi connectivity index (χ1n) is 8.12. The molecular formula is C17H32O4. The number of carbonyl (C=O) groups is 2. The average Bonchev–Trinajstić information content (AvgIpc) is 2.39. The van der Waals surface area contributed by atoms with Gasteiger partial charge in [0.05, 0.1) is 19.4 Å². The summed E-state index contributed by atoms with van der Waals surface area (Å²) in [5, 5.41) is 0. The second-order valence-electron chi connectivity index (χ2n) is 6.63. The van der Waals surface area contributed by atoms with Crippen LogP contribution < -0.4 is 0 Å². The van der Waals surface area contributed by atoms with Crippen molar-refractivity contribution < 1.29 is 19.1 Å². The summed E-state index contributed by atoms with van der Waals surface area (Å²) in [6.45, 7) is 10.5. The van der Waals surface area contributed by atoms with Crippen LogP contribution in [0.1, 0.15) is 79.6 Å². The summed E-state index contributed by atoms with van der Waals surface area (Å²) < 4.78 is 10.4. The summed E-state index contributed by atoms with van der Waals surface area (Å²) in [4.78, 5) is 23.1. The van der Waals surface area contributed by atoms with Crippen LogP contribution in [0.25, 0.3) is 0 Å². The minimum Gasteiger partial charge on any atom is -0.466 e. The maximum Gasteiger partial charge on any atom is 0.306 e. The molecule has 0 aromatic rings. The second kappa shape index (κ2) is 10.6. The lowest BCUT2D eigenvalue weighted by Crippen LogP contribution is -2.28. The molecule has 1 atom stereocenters. The molecule has 0 bridgehead atoms. The van der Waals surface area contributed by atoms with Crippen LogP contribution in [-0.4, -0.2) is 24.6 Å². The zero-order chi connectivity index (χ0) is 16.3. The van der Waals surface area contributed by atoms with E-state index in [0.29, 0.717) is 6.61 Å². The monoisotopic (exact) mass is 300 g/mol. The molecule has 0 radical (unpaired) electrons. The van der Waals surface area contributed by atoms with Crippen LogP contribution in [0.15, 0.2) is 0 Å². The van der Waals surface area contributed by atoms with E-state index in [-0.39, 0.29) is 36.3 Å². The molecule has 0 saturated heterocycles. The fourth-order valence-corrected chi connectivity index (χ4v) is 1.60. The molecule has 0 rings (SSSR count). The maximum atomic E-state index is 11.6. The molecule has 124 valence electrons. The molecule has 21 heavy (non-hydrogen) atoms. The number of ether oxygens (including phenoxy) is 2. The summed E-state index contributed by atoms with van der Waals surface area (Å²) >= 11 is 0. The maximum absolute atomic E-state index is 11.6. The summed E-state index contributed by atoms with van der Waals surface area (Å²) in [5.74, 6) is -0.650. The third kappa shape index (κ3) is 11.3. The predicted molar refractivity (Wildman–Crippen MR) is 84.0 cm³/mol. The van der Waals surface area contributed by atoms with E-state index in [1.807, 2.05) is 27.7 Å². The molecule has 0 aliphatic rings. The number of hydrogen-bond acceptors (Lipinski definition) is 4. The van der Waals surface area contributed by atoms with Crippen molar-refractivity contribution in [2.75, 3.05) is 6.61 Å². The largest absolute Gasteiger partial charge is 0.466 e. The smallest absolute Gasteiger partial charge is 0.306 e. The normalized spacial score (nSPS) is 12.8. The van der Waals surface area contributed by atoms with Crippen LogP contribution >= 0.6 is 0 Å². The number of carbonyl (C=O) groups excluding carboxylic acids is 2. The van der Waals surface area contributed by atoms with E-state index < -0.39 is 0 Å². The Morgan fingerprint density at radius 1 is 0.952 bits per heavy atom. The molecule has 4 heteroatoms. The highest BCUT2D eigenvalue weighted by atomic mass is 16.5. The van der Waals surface area contributed by atoms with Gasteiger partial charge < -0.3 is 9.47 Å². The third-order valence-corrected chi connectivity index (χ3v) is 3.57. The molecule has 4 nitrogen and oxygen atoms in total. The van der Waals surface area contributed by atoms with Gasteiger partial charge in [-0.15, -0.1) is 0 Å². The van der Waals surface area contributed by atoms with Crippen molar-refractivity contribution in [1.82, 2.24) is 0 Å². The standard InChI is InChI=1S/C17H32O4/c1-6-7-8-9-10-13-20-15(18)11-12-16(19)21-14(2)17(3,4)5/h14H,6-13H2,1-5H3. The molecule has 0 N–H and O–H groups in total. The summed E-state index contributed by atoms with van der Waals surface area (Å²) in [5.41, 5.74) is -0.0886. The molecule has 0 amide bonds. The van der Waals surface area contributed by atoms with Crippen molar-refractivity contribution >= 4 is 11.9 Å². The highest BCUT2D eigenvalue weighted by molar-refractivity contribution is 5.77. The molecule has 0 spiro atoms. The Hall–Kier alpha value is -1.06. The van der Waals surface area contributed by atoms with Gasteiger partial charge in [-0.05, 0) is 18.8 Å². The zero-order valence-electron chi connectivity index (χ0n) is 14.4. The van der Waals surface area contributed by atoms with E-state index >= 15 is 0 Å². The van der Waals surface area contributed by atoms with Gasteiger partial charge in [-0.1, -0.05) is 53.4 Å². The predicted octanol–water partition coefficient (Wildman–Crippen LogP) is 4.26. The lowest BCUT2D eigenvalue weighted by molar-refractivity contribution is -0.156. The Labute approximate surface area is 129 Å². The lowest BCUT2D eigenvalue weighted by Gasteiger charge is -2.26. The van der Waals surface area contributed by atoms with E-state index in [0.717, 1.165) is 12.8 Å². The minimum atomic E-state index is -0.336. The topological polar surface area (TPSA) is 52.6 Å². The third-order valence-electron chi connectivity index (χ3n) is 3.57. The highest BCUT2D eigenvalue weighted by Gasteiger charge is 2.23. The van der Waals surface area contributed by atoms with Gasteiger partial charge in [0.25, 0.3) is 0 Å². The van der Waals surface area contributed by atoms with Crippen molar-refractivity contribution in [3.05, 3.63) is 0 Å². The molecule has 0 aliphatic heterocycles. The first-order valence-corrected chi connectivity index (χ1v) is 8.12. The minimum absolute atomic E-state index is 0.0886. The van der Waals surface area contributed by atoms with Gasteiger partial charge in [0.15, 0.2) is 0 Å². The number of unbranched alkanes of at least 4 members (excludes halogenated alkanes) is 4. The van der Waals surface area contributed by atoms with E-state index in [4.69, 9.17) is 9.47 Å². The average molecular weight is 300 g/mol. The van der Waals surface area contributed by atoms with E-state index in [1.54, 1.807) is 0 Å². The first kappa shape index (κ1) is 19.9. The summed E-state index contributed by atoms with van der Waals surface area (Å²) in [7, 11) is 0. The Morgan fingerprint density at radius 3 is 2.10 bits per heavy atom. The molecular weight excluding hydrogens is 268 g/mol. The van der Waals surface area contributed by atoms with Gasteiger partial charge in [-0.25, -0.2) is 0 Å². The Bertz CT molecular complexity index is 304. The fourth-order valence-electron chi connectivity index (χ4n) is 1.60. The molecule has 0 aliphatic carbocycles. The fraction of sp³-hybridized carbons (Fsp3) is 0.882. The summed E-state index contributed by atoms with van der Waals surface area (Å²) in [6, 6.07) is 0. The zero-order valence-corrected chi connectivity index (χ0v) is 14.4. The van der Waals surface area contributed by atoms with E-state index in [9.17, 15) is 9.59 Å². The molecule has 0 aromatic carbocycles. The molecule has 0 saturated carbocycles. The lowest BCUT2D eigenvalue weighted by atomic mass is 9.90. The van der Waals surface area contributed by atoms with Crippen LogP contribution in [0.5, 0.6) is 0 Å². The van der Waals surface area contributed by atoms with Gasteiger partial charge in [0, 0.05) is 0 Å². The summed E-state index contributed by atoms with van der Waals surface area (Å²) in [6.07, 6.45) is 5.63. The number of hydrogen-bond donors (Lipinski definition) is 0. The van der Waals surface area contributed by atoms with Gasteiger partial charge in [-0.3, -0.25) is 9.59 Å². The molecule has 0 aromatic heterocycles. The SMILES string of the molecule is CCCCCCCOC(=O)CCC(=O)OC(C)C(C)(C)C. The van der Waals surface area contributed by atoms with Crippen LogP contribution in [-0.2, 0) is 19.1 Å². The molecule has 0 heterocycles. The number of esters is 2. The Balaban J connectivity index is 3.66. The van der Waals surface area contributed by atoms with Crippen LogP contribution in [0.3, 0.4) is 0 Å². The molecule has 0 fully saturated rings. The van der Waals surface area contributed by atoms with Crippen LogP contribution in [0.2, 0.25) is 0 Å².